The van der Waals surface area contributed by atoms with Crippen molar-refractivity contribution in [3.63, 3.8) is 0 Å². The molecular formula is C25H14F4O. The van der Waals surface area contributed by atoms with Crippen LogP contribution >= 0.6 is 0 Å². The summed E-state index contributed by atoms with van der Waals surface area (Å²) in [7, 11) is 1.30. The second kappa shape index (κ2) is 7.92. The number of fused-ring (bicyclic) bond motifs is 1. The lowest BCUT2D eigenvalue weighted by Crippen LogP contribution is -1.94. The molecule has 5 heteroatoms. The van der Waals surface area contributed by atoms with Gasteiger partial charge in [0.05, 0.1) is 18.2 Å². The van der Waals surface area contributed by atoms with Crippen molar-refractivity contribution >= 4 is 10.8 Å². The standard InChI is InChI=1S/C25H14F4O/c1-30-21-13-23(28)25(24(29)14-21)19-7-6-16(22(27)12-19)4-2-15-3-5-18-11-20(26)9-8-17(18)10-15/h3,5-14H,1H3. The van der Waals surface area contributed by atoms with Crippen LogP contribution in [0.4, 0.5) is 17.6 Å². The maximum atomic E-state index is 14.5. The van der Waals surface area contributed by atoms with Crippen LogP contribution in [0.3, 0.4) is 0 Å². The van der Waals surface area contributed by atoms with E-state index in [2.05, 4.69) is 11.8 Å². The topological polar surface area (TPSA) is 9.23 Å². The molecule has 0 aliphatic rings. The summed E-state index contributed by atoms with van der Waals surface area (Å²) in [4.78, 5) is 0. The van der Waals surface area contributed by atoms with Gasteiger partial charge < -0.3 is 4.74 Å². The molecule has 4 aromatic rings. The molecular weight excluding hydrogens is 392 g/mol. The van der Waals surface area contributed by atoms with Gasteiger partial charge in [-0.15, -0.1) is 0 Å². The molecule has 0 spiro atoms. The minimum atomic E-state index is -0.849. The second-order valence-electron chi connectivity index (χ2n) is 6.62. The van der Waals surface area contributed by atoms with E-state index in [1.165, 1.54) is 31.4 Å². The minimum absolute atomic E-state index is 0.0369. The van der Waals surface area contributed by atoms with Gasteiger partial charge in [0.25, 0.3) is 0 Å². The van der Waals surface area contributed by atoms with Gasteiger partial charge >= 0.3 is 0 Å². The fraction of sp³-hybridized carbons (Fsp3) is 0.0400. The Bertz CT molecular complexity index is 1310. The third-order valence-corrected chi connectivity index (χ3v) is 4.65. The summed E-state index contributed by atoms with van der Waals surface area (Å²) in [5, 5.41) is 1.55. The molecule has 0 unspecified atom stereocenters. The van der Waals surface area contributed by atoms with Gasteiger partial charge in [0, 0.05) is 17.7 Å². The van der Waals surface area contributed by atoms with Crippen LogP contribution in [0.5, 0.6) is 5.75 Å². The van der Waals surface area contributed by atoms with Crippen LogP contribution in [0.2, 0.25) is 0 Å². The molecule has 0 N–H and O–H groups in total. The SMILES string of the molecule is COc1cc(F)c(-c2ccc(C#Cc3ccc4cc(F)ccc4c3)c(F)c2)c(F)c1. The quantitative estimate of drug-likeness (QED) is 0.274. The summed E-state index contributed by atoms with van der Waals surface area (Å²) in [6.45, 7) is 0. The number of rotatable bonds is 2. The maximum absolute atomic E-state index is 14.5. The largest absolute Gasteiger partial charge is 0.497 e. The van der Waals surface area contributed by atoms with Gasteiger partial charge in [-0.05, 0) is 52.7 Å². The van der Waals surface area contributed by atoms with E-state index in [0.29, 0.717) is 5.56 Å². The molecule has 0 atom stereocenters. The molecule has 0 radical (unpaired) electrons. The highest BCUT2D eigenvalue weighted by Gasteiger charge is 2.15. The smallest absolute Gasteiger partial charge is 0.139 e. The predicted octanol–water partition coefficient (Wildman–Crippen LogP) is 6.47. The van der Waals surface area contributed by atoms with E-state index in [9.17, 15) is 17.6 Å². The lowest BCUT2D eigenvalue weighted by Gasteiger charge is -2.08. The molecule has 0 aromatic heterocycles. The molecule has 0 saturated heterocycles. The van der Waals surface area contributed by atoms with Crippen LogP contribution in [0.1, 0.15) is 11.1 Å². The van der Waals surface area contributed by atoms with Gasteiger partial charge in [-0.2, -0.15) is 0 Å². The number of methoxy groups -OCH3 is 1. The van der Waals surface area contributed by atoms with Crippen molar-refractivity contribution in [3.05, 3.63) is 101 Å². The summed E-state index contributed by atoms with van der Waals surface area (Å²) in [6, 6.07) is 15.5. The van der Waals surface area contributed by atoms with Crippen molar-refractivity contribution in [1.29, 1.82) is 0 Å². The Morgan fingerprint density at radius 1 is 0.667 bits per heavy atom. The van der Waals surface area contributed by atoms with Crippen LogP contribution in [0, 0.1) is 35.1 Å². The van der Waals surface area contributed by atoms with E-state index in [1.807, 2.05) is 0 Å². The molecule has 0 amide bonds. The van der Waals surface area contributed by atoms with Crippen LogP contribution in [0.15, 0.2) is 66.7 Å². The molecule has 148 valence electrons. The first-order valence-electron chi connectivity index (χ1n) is 8.99. The third kappa shape index (κ3) is 3.85. The predicted molar refractivity (Wildman–Crippen MR) is 108 cm³/mol. The van der Waals surface area contributed by atoms with Crippen LogP contribution in [0.25, 0.3) is 21.9 Å². The highest BCUT2D eigenvalue weighted by atomic mass is 19.1. The fourth-order valence-corrected chi connectivity index (χ4v) is 3.15. The van der Waals surface area contributed by atoms with Crippen molar-refractivity contribution < 1.29 is 22.3 Å². The molecule has 0 bridgehead atoms. The number of ether oxygens (including phenoxy) is 1. The van der Waals surface area contributed by atoms with Crippen molar-refractivity contribution in [1.82, 2.24) is 0 Å². The Labute approximate surface area is 170 Å². The lowest BCUT2D eigenvalue weighted by molar-refractivity contribution is 0.407. The average molecular weight is 406 g/mol. The van der Waals surface area contributed by atoms with Crippen molar-refractivity contribution in [2.45, 2.75) is 0 Å². The number of halogens is 4. The summed E-state index contributed by atoms with van der Waals surface area (Å²) < 4.78 is 61.1. The summed E-state index contributed by atoms with van der Waals surface area (Å²) in [5.41, 5.74) is 0.441. The third-order valence-electron chi connectivity index (χ3n) is 4.65. The number of hydrogen-bond donors (Lipinski definition) is 0. The molecule has 0 heterocycles. The van der Waals surface area contributed by atoms with Crippen molar-refractivity contribution in [3.8, 4) is 28.7 Å². The molecule has 30 heavy (non-hydrogen) atoms. The van der Waals surface area contributed by atoms with Crippen molar-refractivity contribution in [2.75, 3.05) is 7.11 Å². The highest BCUT2D eigenvalue weighted by Crippen LogP contribution is 2.30. The van der Waals surface area contributed by atoms with Crippen molar-refractivity contribution in [2.24, 2.45) is 0 Å². The van der Waals surface area contributed by atoms with E-state index >= 15 is 0 Å². The van der Waals surface area contributed by atoms with Gasteiger partial charge in [-0.3, -0.25) is 0 Å². The Hall–Kier alpha value is -3.78. The maximum Gasteiger partial charge on any atom is 0.139 e. The van der Waals surface area contributed by atoms with Crippen LogP contribution in [-0.4, -0.2) is 7.11 Å². The van der Waals surface area contributed by atoms with Gasteiger partial charge in [0.15, 0.2) is 0 Å². The summed E-state index contributed by atoms with van der Waals surface area (Å²) in [5.74, 6) is 2.90. The van der Waals surface area contributed by atoms with Gasteiger partial charge in [0.1, 0.15) is 29.0 Å². The first kappa shape index (κ1) is 19.5. The normalized spacial score (nSPS) is 10.6. The van der Waals surface area contributed by atoms with E-state index in [4.69, 9.17) is 4.74 Å². The summed E-state index contributed by atoms with van der Waals surface area (Å²) >= 11 is 0. The highest BCUT2D eigenvalue weighted by molar-refractivity contribution is 5.84. The Morgan fingerprint density at radius 2 is 1.37 bits per heavy atom. The number of hydrogen-bond acceptors (Lipinski definition) is 1. The van der Waals surface area contributed by atoms with Gasteiger partial charge in [-0.1, -0.05) is 30.0 Å². The van der Waals surface area contributed by atoms with E-state index in [0.717, 1.165) is 29.0 Å². The average Bonchev–Trinajstić information content (AvgIpc) is 2.72. The van der Waals surface area contributed by atoms with Gasteiger partial charge in [-0.25, -0.2) is 17.6 Å². The minimum Gasteiger partial charge on any atom is -0.497 e. The Kier molecular flexibility index (Phi) is 5.16. The Morgan fingerprint density at radius 3 is 2.07 bits per heavy atom. The first-order valence-corrected chi connectivity index (χ1v) is 8.99. The zero-order chi connectivity index (χ0) is 21.3. The molecule has 4 aromatic carbocycles. The van der Waals surface area contributed by atoms with Crippen LogP contribution in [-0.2, 0) is 0 Å². The van der Waals surface area contributed by atoms with E-state index in [1.54, 1.807) is 24.3 Å². The van der Waals surface area contributed by atoms with Gasteiger partial charge in [0.2, 0.25) is 0 Å². The van der Waals surface area contributed by atoms with E-state index in [-0.39, 0.29) is 28.3 Å². The van der Waals surface area contributed by atoms with E-state index < -0.39 is 17.5 Å². The monoisotopic (exact) mass is 406 g/mol. The van der Waals surface area contributed by atoms with Crippen LogP contribution < -0.4 is 4.74 Å². The first-order chi connectivity index (χ1) is 14.4. The lowest BCUT2D eigenvalue weighted by atomic mass is 10.0. The fourth-order valence-electron chi connectivity index (χ4n) is 3.15. The molecule has 0 aliphatic heterocycles. The molecule has 0 fully saturated rings. The molecule has 4 rings (SSSR count). The Balaban J connectivity index is 1.66. The second-order valence-corrected chi connectivity index (χ2v) is 6.62. The summed E-state index contributed by atoms with van der Waals surface area (Å²) in [6.07, 6.45) is 0. The zero-order valence-electron chi connectivity index (χ0n) is 15.8. The zero-order valence-corrected chi connectivity index (χ0v) is 15.8. The molecule has 0 aliphatic carbocycles. The number of benzene rings is 4. The molecule has 1 nitrogen and oxygen atoms in total. The molecule has 0 saturated carbocycles.